The lowest BCUT2D eigenvalue weighted by atomic mass is 9.96. The van der Waals surface area contributed by atoms with Crippen LogP contribution in [-0.2, 0) is 11.2 Å². The molecule has 0 bridgehead atoms. The Balaban J connectivity index is 2.43. The van der Waals surface area contributed by atoms with Gasteiger partial charge in [0.1, 0.15) is 11.6 Å². The summed E-state index contributed by atoms with van der Waals surface area (Å²) in [5, 5.41) is 9.90. The van der Waals surface area contributed by atoms with Crippen molar-refractivity contribution in [3.05, 3.63) is 59.4 Å². The van der Waals surface area contributed by atoms with Crippen LogP contribution >= 0.6 is 0 Å². The van der Waals surface area contributed by atoms with Crippen LogP contribution in [0.3, 0.4) is 0 Å². The lowest BCUT2D eigenvalue weighted by Crippen LogP contribution is -2.48. The molecule has 0 saturated heterocycles. The highest BCUT2D eigenvalue weighted by Crippen LogP contribution is 2.29. The van der Waals surface area contributed by atoms with Crippen LogP contribution in [0.15, 0.2) is 42.5 Å². The quantitative estimate of drug-likeness (QED) is 0.830. The molecule has 0 aromatic heterocycles. The van der Waals surface area contributed by atoms with Crippen LogP contribution in [0.25, 0.3) is 0 Å². The monoisotopic (exact) mass is 358 g/mol. The van der Waals surface area contributed by atoms with Gasteiger partial charge < -0.3 is 15.7 Å². The summed E-state index contributed by atoms with van der Waals surface area (Å²) >= 11 is 0. The van der Waals surface area contributed by atoms with Crippen molar-refractivity contribution in [2.75, 3.05) is 4.90 Å². The Kier molecular flexibility index (Phi) is 5.65. The second-order valence-corrected chi connectivity index (χ2v) is 6.76. The zero-order chi connectivity index (χ0) is 19.5. The SMILES string of the molecule is CCC(C)(C)N(C(=O)Cc1ccc(F)cc1O)c1cccc(C(N)=O)c1. The van der Waals surface area contributed by atoms with Crippen LogP contribution < -0.4 is 10.6 Å². The zero-order valence-electron chi connectivity index (χ0n) is 15.1. The highest BCUT2D eigenvalue weighted by Gasteiger charge is 2.31. The average Bonchev–Trinajstić information content (AvgIpc) is 2.57. The molecular weight excluding hydrogens is 335 g/mol. The van der Waals surface area contributed by atoms with Crippen molar-refractivity contribution in [1.29, 1.82) is 0 Å². The third-order valence-corrected chi connectivity index (χ3v) is 4.50. The lowest BCUT2D eigenvalue weighted by Gasteiger charge is -2.38. The standard InChI is InChI=1S/C20H23FN2O3/c1-4-20(2,3)23(16-7-5-6-14(10-16)19(22)26)18(25)11-13-8-9-15(21)12-17(13)24/h5-10,12,24H,4,11H2,1-3H3,(H2,22,26). The normalized spacial score (nSPS) is 11.2. The molecule has 0 aliphatic rings. The number of primary amides is 1. The van der Waals surface area contributed by atoms with Crippen molar-refractivity contribution in [1.82, 2.24) is 0 Å². The van der Waals surface area contributed by atoms with Gasteiger partial charge in [-0.05, 0) is 44.5 Å². The molecule has 0 heterocycles. The van der Waals surface area contributed by atoms with Crippen molar-refractivity contribution >= 4 is 17.5 Å². The first-order chi connectivity index (χ1) is 12.2. The van der Waals surface area contributed by atoms with E-state index >= 15 is 0 Å². The maximum Gasteiger partial charge on any atom is 0.248 e. The van der Waals surface area contributed by atoms with Gasteiger partial charge in [-0.3, -0.25) is 9.59 Å². The van der Waals surface area contributed by atoms with E-state index in [1.54, 1.807) is 29.2 Å². The Hall–Kier alpha value is -2.89. The van der Waals surface area contributed by atoms with E-state index in [2.05, 4.69) is 0 Å². The molecule has 0 radical (unpaired) electrons. The van der Waals surface area contributed by atoms with Crippen molar-refractivity contribution in [3.8, 4) is 5.75 Å². The molecule has 2 amide bonds. The van der Waals surface area contributed by atoms with E-state index in [-0.39, 0.29) is 18.1 Å². The molecule has 2 rings (SSSR count). The number of nitrogens with zero attached hydrogens (tertiary/aromatic N) is 1. The Morgan fingerprint density at radius 1 is 1.19 bits per heavy atom. The molecule has 0 aliphatic carbocycles. The summed E-state index contributed by atoms with van der Waals surface area (Å²) < 4.78 is 13.2. The highest BCUT2D eigenvalue weighted by molar-refractivity contribution is 5.99. The topological polar surface area (TPSA) is 83.6 Å². The molecule has 2 aromatic rings. The van der Waals surface area contributed by atoms with Gasteiger partial charge >= 0.3 is 0 Å². The second-order valence-electron chi connectivity index (χ2n) is 6.76. The summed E-state index contributed by atoms with van der Waals surface area (Å²) in [7, 11) is 0. The number of carbonyl (C=O) groups is 2. The van der Waals surface area contributed by atoms with E-state index in [1.807, 2.05) is 20.8 Å². The molecule has 0 saturated carbocycles. The van der Waals surface area contributed by atoms with Gasteiger partial charge in [-0.1, -0.05) is 19.1 Å². The van der Waals surface area contributed by atoms with E-state index in [0.29, 0.717) is 23.2 Å². The summed E-state index contributed by atoms with van der Waals surface area (Å²) in [6, 6.07) is 10.1. The number of hydrogen-bond acceptors (Lipinski definition) is 3. The fraction of sp³-hybridized carbons (Fsp3) is 0.300. The van der Waals surface area contributed by atoms with Crippen molar-refractivity contribution in [3.63, 3.8) is 0 Å². The molecule has 26 heavy (non-hydrogen) atoms. The first-order valence-electron chi connectivity index (χ1n) is 8.36. The molecule has 138 valence electrons. The molecule has 0 fully saturated rings. The van der Waals surface area contributed by atoms with Crippen molar-refractivity contribution in [2.24, 2.45) is 5.73 Å². The van der Waals surface area contributed by atoms with Crippen LogP contribution in [0.5, 0.6) is 5.75 Å². The first-order valence-corrected chi connectivity index (χ1v) is 8.36. The maximum absolute atomic E-state index is 13.2. The third kappa shape index (κ3) is 4.20. The van der Waals surface area contributed by atoms with Gasteiger partial charge in [0.25, 0.3) is 0 Å². The smallest absolute Gasteiger partial charge is 0.248 e. The van der Waals surface area contributed by atoms with E-state index in [4.69, 9.17) is 5.73 Å². The van der Waals surface area contributed by atoms with Gasteiger partial charge in [0.2, 0.25) is 11.8 Å². The molecule has 0 spiro atoms. The van der Waals surface area contributed by atoms with E-state index < -0.39 is 17.3 Å². The number of anilines is 1. The molecule has 5 nitrogen and oxygen atoms in total. The van der Waals surface area contributed by atoms with Gasteiger partial charge in [-0.2, -0.15) is 0 Å². The molecule has 0 aliphatic heterocycles. The lowest BCUT2D eigenvalue weighted by molar-refractivity contribution is -0.119. The molecule has 3 N–H and O–H groups in total. The number of aromatic hydroxyl groups is 1. The molecule has 2 aromatic carbocycles. The summed E-state index contributed by atoms with van der Waals surface area (Å²) in [6.45, 7) is 5.77. The van der Waals surface area contributed by atoms with Crippen LogP contribution in [0.2, 0.25) is 0 Å². The minimum atomic E-state index is -0.579. The summed E-state index contributed by atoms with van der Waals surface area (Å²) in [4.78, 5) is 26.1. The number of hydrogen-bond donors (Lipinski definition) is 2. The van der Waals surface area contributed by atoms with Gasteiger partial charge in [-0.15, -0.1) is 0 Å². The summed E-state index contributed by atoms with van der Waals surface area (Å²) in [5.41, 5.74) is 5.99. The number of amides is 2. The summed E-state index contributed by atoms with van der Waals surface area (Å²) in [5.74, 6) is -1.69. The maximum atomic E-state index is 13.2. The molecule has 0 atom stereocenters. The minimum Gasteiger partial charge on any atom is -0.508 e. The first kappa shape index (κ1) is 19.4. The third-order valence-electron chi connectivity index (χ3n) is 4.50. The zero-order valence-corrected chi connectivity index (χ0v) is 15.1. The Labute approximate surface area is 152 Å². The van der Waals surface area contributed by atoms with Crippen LogP contribution in [0.4, 0.5) is 10.1 Å². The average molecular weight is 358 g/mol. The predicted octanol–water partition coefficient (Wildman–Crippen LogP) is 3.39. The molecule has 6 heteroatoms. The highest BCUT2D eigenvalue weighted by atomic mass is 19.1. The number of halogens is 1. The molecule has 0 unspecified atom stereocenters. The van der Waals surface area contributed by atoms with Gasteiger partial charge in [0.15, 0.2) is 0 Å². The van der Waals surface area contributed by atoms with Crippen molar-refractivity contribution < 1.29 is 19.1 Å². The van der Waals surface area contributed by atoms with Gasteiger partial charge in [0.05, 0.1) is 6.42 Å². The number of phenolic OH excluding ortho intramolecular Hbond substituents is 1. The number of rotatable bonds is 6. The Morgan fingerprint density at radius 2 is 1.88 bits per heavy atom. The second kappa shape index (κ2) is 7.56. The van der Waals surface area contributed by atoms with Gasteiger partial charge in [0, 0.05) is 28.4 Å². The van der Waals surface area contributed by atoms with Crippen LogP contribution in [0.1, 0.15) is 43.1 Å². The van der Waals surface area contributed by atoms with Crippen LogP contribution in [0, 0.1) is 5.82 Å². The minimum absolute atomic E-state index is 0.101. The fourth-order valence-electron chi connectivity index (χ4n) is 2.72. The Morgan fingerprint density at radius 3 is 2.46 bits per heavy atom. The summed E-state index contributed by atoms with van der Waals surface area (Å²) in [6.07, 6.45) is 0.561. The van der Waals surface area contributed by atoms with E-state index in [9.17, 15) is 19.1 Å². The fourth-order valence-corrected chi connectivity index (χ4v) is 2.72. The van der Waals surface area contributed by atoms with Crippen LogP contribution in [-0.4, -0.2) is 22.5 Å². The van der Waals surface area contributed by atoms with E-state index in [0.717, 1.165) is 6.07 Å². The van der Waals surface area contributed by atoms with E-state index in [1.165, 1.54) is 12.1 Å². The van der Waals surface area contributed by atoms with Crippen molar-refractivity contribution in [2.45, 2.75) is 39.2 Å². The number of carbonyl (C=O) groups excluding carboxylic acids is 2. The Bertz CT molecular complexity index is 834. The molecular formula is C20H23FN2O3. The number of nitrogens with two attached hydrogens (primary N) is 1. The predicted molar refractivity (Wildman–Crippen MR) is 98.6 cm³/mol. The van der Waals surface area contributed by atoms with Gasteiger partial charge in [-0.25, -0.2) is 4.39 Å². The number of phenols is 1. The number of benzene rings is 2. The largest absolute Gasteiger partial charge is 0.508 e.